The zero-order valence-corrected chi connectivity index (χ0v) is 20.1. The van der Waals surface area contributed by atoms with E-state index in [9.17, 15) is 14.7 Å². The van der Waals surface area contributed by atoms with Gasteiger partial charge < -0.3 is 28.5 Å². The Kier molecular flexibility index (Phi) is 5.60. The van der Waals surface area contributed by atoms with E-state index in [2.05, 4.69) is 4.98 Å². The summed E-state index contributed by atoms with van der Waals surface area (Å²) in [6.07, 6.45) is 1.85. The van der Waals surface area contributed by atoms with Crippen molar-refractivity contribution < 1.29 is 23.8 Å². The number of aromatic nitrogens is 3. The number of ether oxygens (including phenoxy) is 2. The Morgan fingerprint density at radius 1 is 1.14 bits per heavy atom. The lowest BCUT2D eigenvalue weighted by atomic mass is 10.1. The summed E-state index contributed by atoms with van der Waals surface area (Å²) in [5.41, 5.74) is 2.74. The molecule has 182 valence electrons. The van der Waals surface area contributed by atoms with Crippen molar-refractivity contribution in [1.29, 1.82) is 0 Å². The van der Waals surface area contributed by atoms with Gasteiger partial charge in [0.15, 0.2) is 5.76 Å². The van der Waals surface area contributed by atoms with Crippen LogP contribution in [0.5, 0.6) is 11.5 Å². The first kappa shape index (κ1) is 23.0. The summed E-state index contributed by atoms with van der Waals surface area (Å²) in [7, 11) is 4.78. The van der Waals surface area contributed by atoms with Crippen LogP contribution in [0.25, 0.3) is 45.0 Å². The van der Waals surface area contributed by atoms with Crippen molar-refractivity contribution in [2.24, 2.45) is 7.05 Å². The minimum atomic E-state index is -0.566. The molecule has 3 aromatic heterocycles. The van der Waals surface area contributed by atoms with Gasteiger partial charge in [0, 0.05) is 41.3 Å². The van der Waals surface area contributed by atoms with Gasteiger partial charge in [-0.15, -0.1) is 0 Å². The molecule has 3 heterocycles. The molecule has 0 atom stereocenters. The summed E-state index contributed by atoms with van der Waals surface area (Å²) in [4.78, 5) is 33.0. The van der Waals surface area contributed by atoms with Gasteiger partial charge in [0.05, 0.1) is 19.8 Å². The number of hydrogen-bond donors (Lipinski definition) is 2. The number of hydrogen-bond acceptors (Lipinski definition) is 7. The average Bonchev–Trinajstić information content (AvgIpc) is 3.47. The normalized spacial score (nSPS) is 11.1. The summed E-state index contributed by atoms with van der Waals surface area (Å²) in [6.45, 7) is 1.63. The van der Waals surface area contributed by atoms with Gasteiger partial charge in [-0.2, -0.15) is 0 Å². The van der Waals surface area contributed by atoms with Crippen molar-refractivity contribution in [3.8, 4) is 45.6 Å². The number of nitrogens with zero attached hydrogens (tertiary/aromatic N) is 2. The number of H-pyrrole nitrogens is 1. The molecule has 5 rings (SSSR count). The maximum atomic E-state index is 12.6. The maximum absolute atomic E-state index is 12.6. The number of aromatic amines is 1. The van der Waals surface area contributed by atoms with Crippen molar-refractivity contribution in [2.45, 2.75) is 6.92 Å². The zero-order chi connectivity index (χ0) is 25.6. The maximum Gasteiger partial charge on any atom is 0.338 e. The lowest BCUT2D eigenvalue weighted by molar-refractivity contribution is 0.0603. The molecule has 0 saturated carbocycles. The van der Waals surface area contributed by atoms with Crippen molar-refractivity contribution in [1.82, 2.24) is 14.5 Å². The second-order valence-corrected chi connectivity index (χ2v) is 8.28. The fraction of sp³-hybridized carbons (Fsp3) is 0.148. The van der Waals surface area contributed by atoms with Crippen LogP contribution >= 0.6 is 0 Å². The summed E-state index contributed by atoms with van der Waals surface area (Å²) < 4.78 is 17.9. The van der Waals surface area contributed by atoms with E-state index in [0.29, 0.717) is 50.8 Å². The second kappa shape index (κ2) is 8.77. The average molecular weight is 485 g/mol. The number of rotatable bonds is 5. The van der Waals surface area contributed by atoms with Crippen LogP contribution in [0, 0.1) is 6.92 Å². The number of aryl methyl sites for hydroxylation is 2. The van der Waals surface area contributed by atoms with Gasteiger partial charge in [-0.3, -0.25) is 4.79 Å². The van der Waals surface area contributed by atoms with Crippen LogP contribution in [0.2, 0.25) is 0 Å². The van der Waals surface area contributed by atoms with Gasteiger partial charge in [-0.05, 0) is 43.3 Å². The standard InChI is InChI=1S/C27H23N3O6/c1-14-12-20(31)24(32)25(36-14)23-22(15-8-10-16(34-3)11-9-15)28-26(29-23)18-13-30(2)19-7-5-6-17(21(18)19)27(33)35-4/h5-13,32H,1-4H3,(H,28,29). The fourth-order valence-electron chi connectivity index (χ4n) is 4.30. The van der Waals surface area contributed by atoms with Crippen LogP contribution in [0.4, 0.5) is 0 Å². The van der Waals surface area contributed by atoms with Crippen LogP contribution in [-0.4, -0.2) is 39.8 Å². The second-order valence-electron chi connectivity index (χ2n) is 8.28. The molecule has 0 unspecified atom stereocenters. The number of nitrogens with one attached hydrogen (secondary N) is 1. The molecule has 0 spiro atoms. The van der Waals surface area contributed by atoms with Crippen molar-refractivity contribution in [2.75, 3.05) is 14.2 Å². The Morgan fingerprint density at radius 3 is 2.58 bits per heavy atom. The van der Waals surface area contributed by atoms with Crippen molar-refractivity contribution in [3.63, 3.8) is 0 Å². The van der Waals surface area contributed by atoms with Gasteiger partial charge in [0.1, 0.15) is 28.7 Å². The van der Waals surface area contributed by atoms with Crippen molar-refractivity contribution in [3.05, 3.63) is 76.3 Å². The number of carbonyl (C=O) groups is 1. The van der Waals surface area contributed by atoms with Gasteiger partial charge in [0.2, 0.25) is 11.2 Å². The fourth-order valence-corrected chi connectivity index (χ4v) is 4.30. The van der Waals surface area contributed by atoms with E-state index >= 15 is 0 Å². The van der Waals surface area contributed by atoms with E-state index in [1.165, 1.54) is 13.2 Å². The molecule has 0 bridgehead atoms. The van der Waals surface area contributed by atoms with Gasteiger partial charge in [-0.1, -0.05) is 6.07 Å². The summed E-state index contributed by atoms with van der Waals surface area (Å²) in [6, 6.07) is 13.8. The van der Waals surface area contributed by atoms with Gasteiger partial charge >= 0.3 is 5.97 Å². The highest BCUT2D eigenvalue weighted by Crippen LogP contribution is 2.39. The Bertz CT molecular complexity index is 1670. The molecule has 0 aliphatic rings. The van der Waals surface area contributed by atoms with Crippen LogP contribution in [-0.2, 0) is 11.8 Å². The summed E-state index contributed by atoms with van der Waals surface area (Å²) in [5, 5.41) is 11.3. The third kappa shape index (κ3) is 3.70. The quantitative estimate of drug-likeness (QED) is 0.347. The third-order valence-electron chi connectivity index (χ3n) is 6.02. The smallest absolute Gasteiger partial charge is 0.338 e. The highest BCUT2D eigenvalue weighted by molar-refractivity contribution is 6.10. The van der Waals surface area contributed by atoms with E-state index in [-0.39, 0.29) is 5.76 Å². The third-order valence-corrected chi connectivity index (χ3v) is 6.02. The molecule has 0 aliphatic carbocycles. The molecule has 9 heteroatoms. The molecule has 36 heavy (non-hydrogen) atoms. The summed E-state index contributed by atoms with van der Waals surface area (Å²) >= 11 is 0. The predicted octanol–water partition coefficient (Wildman–Crippen LogP) is 4.66. The molecule has 0 saturated heterocycles. The van der Waals surface area contributed by atoms with E-state index in [1.54, 1.807) is 38.3 Å². The molecule has 0 fully saturated rings. The monoisotopic (exact) mass is 485 g/mol. The highest BCUT2D eigenvalue weighted by Gasteiger charge is 2.25. The number of benzene rings is 2. The number of carbonyl (C=O) groups excluding carboxylic acids is 1. The molecule has 5 aromatic rings. The van der Waals surface area contributed by atoms with Crippen LogP contribution in [0.1, 0.15) is 16.1 Å². The minimum Gasteiger partial charge on any atom is -0.501 e. The number of imidazole rings is 1. The van der Waals surface area contributed by atoms with Crippen LogP contribution < -0.4 is 10.2 Å². The van der Waals surface area contributed by atoms with Crippen LogP contribution in [0.15, 0.2) is 63.9 Å². The molecule has 9 nitrogen and oxygen atoms in total. The highest BCUT2D eigenvalue weighted by atomic mass is 16.5. The van der Waals surface area contributed by atoms with E-state index in [4.69, 9.17) is 18.9 Å². The molecule has 0 amide bonds. The van der Waals surface area contributed by atoms with E-state index < -0.39 is 17.1 Å². The first-order chi connectivity index (χ1) is 17.3. The number of fused-ring (bicyclic) bond motifs is 1. The number of aromatic hydroxyl groups is 1. The topological polar surface area (TPSA) is 120 Å². The Balaban J connectivity index is 1.81. The summed E-state index contributed by atoms with van der Waals surface area (Å²) in [5.74, 6) is 0.385. The van der Waals surface area contributed by atoms with E-state index in [0.717, 1.165) is 5.52 Å². The lowest BCUT2D eigenvalue weighted by Crippen LogP contribution is -2.02. The SMILES string of the molecule is COC(=O)c1cccc2c1c(-c1nc(-c3ccc(OC)cc3)c(-c3oc(C)cc(=O)c3O)[nH]1)cn2C. The number of esters is 1. The predicted molar refractivity (Wildman–Crippen MR) is 134 cm³/mol. The Labute approximate surface area is 205 Å². The number of methoxy groups -OCH3 is 2. The van der Waals surface area contributed by atoms with Crippen molar-refractivity contribution >= 4 is 16.9 Å². The lowest BCUT2D eigenvalue weighted by Gasteiger charge is -2.06. The zero-order valence-electron chi connectivity index (χ0n) is 20.1. The molecule has 0 aliphatic heterocycles. The first-order valence-electron chi connectivity index (χ1n) is 11.1. The molecular formula is C27H23N3O6. The van der Waals surface area contributed by atoms with Crippen LogP contribution in [0.3, 0.4) is 0 Å². The van der Waals surface area contributed by atoms with Gasteiger partial charge in [0.25, 0.3) is 0 Å². The first-order valence-corrected chi connectivity index (χ1v) is 11.1. The largest absolute Gasteiger partial charge is 0.501 e. The molecule has 2 aromatic carbocycles. The molecule has 2 N–H and O–H groups in total. The van der Waals surface area contributed by atoms with Gasteiger partial charge in [-0.25, -0.2) is 9.78 Å². The Morgan fingerprint density at radius 2 is 1.89 bits per heavy atom. The Hall–Kier alpha value is -4.79. The molecule has 0 radical (unpaired) electrons. The van der Waals surface area contributed by atoms with E-state index in [1.807, 2.05) is 36.0 Å². The molecular weight excluding hydrogens is 462 g/mol. The minimum absolute atomic E-state index is 0.0296.